The number of imidazole rings is 1. The highest BCUT2D eigenvalue weighted by atomic mass is 19.1. The van der Waals surface area contributed by atoms with Gasteiger partial charge < -0.3 is 29.4 Å². The number of halogens is 1. The number of hydrogen-bond acceptors (Lipinski definition) is 10. The molecule has 12 heteroatoms. The van der Waals surface area contributed by atoms with Crippen LogP contribution >= 0.6 is 0 Å². The summed E-state index contributed by atoms with van der Waals surface area (Å²) in [4.78, 5) is 23.2. The molecule has 0 aromatic carbocycles. The first-order chi connectivity index (χ1) is 15.0. The fourth-order valence-corrected chi connectivity index (χ4v) is 3.06. The number of esters is 1. The Hall–Kier alpha value is -2.85. The Kier molecular flexibility index (Phi) is 7.69. The van der Waals surface area contributed by atoms with Crippen molar-refractivity contribution >= 4 is 23.0 Å². The highest BCUT2D eigenvalue weighted by molar-refractivity contribution is 5.81. The van der Waals surface area contributed by atoms with Gasteiger partial charge in [-0.05, 0) is 12.8 Å². The second-order valence-corrected chi connectivity index (χ2v) is 6.77. The average Bonchev–Trinajstić information content (AvgIpc) is 3.36. The number of rotatable bonds is 11. The van der Waals surface area contributed by atoms with Gasteiger partial charge in [-0.15, -0.1) is 6.42 Å². The number of hydrogen-bond donors (Lipinski definition) is 1. The van der Waals surface area contributed by atoms with Gasteiger partial charge in [0.15, 0.2) is 22.6 Å². The Morgan fingerprint density at radius 3 is 2.94 bits per heavy atom. The number of methoxy groups -OCH3 is 1. The molecule has 1 aliphatic heterocycles. The number of ether oxygens (including phenoxy) is 5. The SMILES string of the molecule is C#CC1(COC(=O)COCCOCCOC)CCC(n2cnc3c(N)nc(F)nc32)O1. The normalized spacial score (nSPS) is 20.7. The first-order valence-electron chi connectivity index (χ1n) is 9.59. The molecule has 1 fully saturated rings. The molecule has 1 saturated heterocycles. The Morgan fingerprint density at radius 2 is 2.16 bits per heavy atom. The maximum absolute atomic E-state index is 13.6. The number of nitrogens with two attached hydrogens (primary N) is 1. The quantitative estimate of drug-likeness (QED) is 0.229. The van der Waals surface area contributed by atoms with Crippen LogP contribution in [0.2, 0.25) is 0 Å². The zero-order chi connectivity index (χ0) is 22.3. The van der Waals surface area contributed by atoms with Crippen LogP contribution in [0.5, 0.6) is 0 Å². The van der Waals surface area contributed by atoms with E-state index in [4.69, 9.17) is 35.8 Å². The number of aromatic nitrogens is 4. The van der Waals surface area contributed by atoms with Crippen molar-refractivity contribution in [2.45, 2.75) is 24.7 Å². The van der Waals surface area contributed by atoms with Crippen molar-refractivity contribution in [3.63, 3.8) is 0 Å². The number of nitrogen functional groups attached to an aromatic ring is 1. The lowest BCUT2D eigenvalue weighted by atomic mass is 10.0. The molecular weight excluding hydrogens is 413 g/mol. The summed E-state index contributed by atoms with van der Waals surface area (Å²) in [6.45, 7) is 1.13. The minimum Gasteiger partial charge on any atom is -0.460 e. The first-order valence-corrected chi connectivity index (χ1v) is 9.59. The molecule has 2 unspecified atom stereocenters. The molecule has 0 saturated carbocycles. The topological polar surface area (TPSA) is 133 Å². The Bertz CT molecular complexity index is 948. The van der Waals surface area contributed by atoms with E-state index in [1.165, 1.54) is 10.9 Å². The number of nitrogens with zero attached hydrogens (tertiary/aromatic N) is 4. The molecule has 0 amide bonds. The van der Waals surface area contributed by atoms with E-state index in [1.807, 2.05) is 0 Å². The zero-order valence-corrected chi connectivity index (χ0v) is 17.1. The van der Waals surface area contributed by atoms with Crippen LogP contribution in [0.15, 0.2) is 6.33 Å². The standard InChI is InChI=1S/C19H24FN5O6/c1-3-19(11-30-14(26)10-29-9-8-28-7-6-27-2)5-4-13(31-19)25-12-22-15-16(21)23-18(20)24-17(15)25/h1,12-13H,4-11H2,2H3,(H2,21,23,24). The summed E-state index contributed by atoms with van der Waals surface area (Å²) in [5, 5.41) is 0. The number of terminal acetylenes is 1. The summed E-state index contributed by atoms with van der Waals surface area (Å²) in [7, 11) is 1.58. The summed E-state index contributed by atoms with van der Waals surface area (Å²) >= 11 is 0. The van der Waals surface area contributed by atoms with E-state index in [2.05, 4.69) is 20.9 Å². The van der Waals surface area contributed by atoms with Crippen LogP contribution in [0.4, 0.5) is 10.2 Å². The van der Waals surface area contributed by atoms with Gasteiger partial charge in [0.1, 0.15) is 19.4 Å². The van der Waals surface area contributed by atoms with Crippen LogP contribution in [-0.2, 0) is 28.5 Å². The van der Waals surface area contributed by atoms with Gasteiger partial charge in [-0.2, -0.15) is 14.4 Å². The van der Waals surface area contributed by atoms with Crippen LogP contribution in [0.3, 0.4) is 0 Å². The smallest absolute Gasteiger partial charge is 0.332 e. The van der Waals surface area contributed by atoms with Gasteiger partial charge in [0, 0.05) is 7.11 Å². The maximum atomic E-state index is 13.6. The lowest BCUT2D eigenvalue weighted by Crippen LogP contribution is -2.34. The van der Waals surface area contributed by atoms with Crippen molar-refractivity contribution in [3.8, 4) is 12.3 Å². The lowest BCUT2D eigenvalue weighted by molar-refractivity contribution is -0.157. The number of carbonyl (C=O) groups is 1. The number of fused-ring (bicyclic) bond motifs is 1. The van der Waals surface area contributed by atoms with Crippen molar-refractivity contribution in [1.82, 2.24) is 19.5 Å². The van der Waals surface area contributed by atoms with Crippen molar-refractivity contribution < 1.29 is 32.9 Å². The number of anilines is 1. The third-order valence-electron chi connectivity index (χ3n) is 4.64. The second-order valence-electron chi connectivity index (χ2n) is 6.77. The van der Waals surface area contributed by atoms with E-state index in [9.17, 15) is 9.18 Å². The van der Waals surface area contributed by atoms with Crippen molar-refractivity contribution in [3.05, 3.63) is 12.4 Å². The fraction of sp³-hybridized carbons (Fsp3) is 0.579. The highest BCUT2D eigenvalue weighted by Gasteiger charge is 2.41. The van der Waals surface area contributed by atoms with E-state index in [1.54, 1.807) is 7.11 Å². The zero-order valence-electron chi connectivity index (χ0n) is 17.1. The van der Waals surface area contributed by atoms with Crippen LogP contribution in [-0.4, -0.2) is 77.8 Å². The molecule has 3 rings (SSSR count). The van der Waals surface area contributed by atoms with Crippen molar-refractivity contribution in [2.24, 2.45) is 0 Å². The molecule has 11 nitrogen and oxygen atoms in total. The van der Waals surface area contributed by atoms with Gasteiger partial charge in [0.25, 0.3) is 0 Å². The minimum absolute atomic E-state index is 0.0690. The monoisotopic (exact) mass is 437 g/mol. The Labute approximate surface area is 178 Å². The van der Waals surface area contributed by atoms with E-state index >= 15 is 0 Å². The second kappa shape index (κ2) is 10.5. The van der Waals surface area contributed by atoms with Crippen molar-refractivity contribution in [1.29, 1.82) is 0 Å². The predicted molar refractivity (Wildman–Crippen MR) is 105 cm³/mol. The molecule has 0 bridgehead atoms. The van der Waals surface area contributed by atoms with Gasteiger partial charge in [-0.1, -0.05) is 5.92 Å². The van der Waals surface area contributed by atoms with E-state index in [0.29, 0.717) is 32.7 Å². The lowest BCUT2D eigenvalue weighted by Gasteiger charge is -2.23. The average molecular weight is 437 g/mol. The van der Waals surface area contributed by atoms with E-state index in [-0.39, 0.29) is 36.8 Å². The van der Waals surface area contributed by atoms with Gasteiger partial charge in [-0.25, -0.2) is 9.78 Å². The Balaban J connectivity index is 1.50. The first kappa shape index (κ1) is 22.8. The summed E-state index contributed by atoms with van der Waals surface area (Å²) in [6, 6.07) is 0. The largest absolute Gasteiger partial charge is 0.460 e. The molecule has 31 heavy (non-hydrogen) atoms. The Morgan fingerprint density at radius 1 is 1.39 bits per heavy atom. The van der Waals surface area contributed by atoms with Crippen LogP contribution < -0.4 is 5.73 Å². The molecule has 0 aliphatic carbocycles. The van der Waals surface area contributed by atoms with Crippen LogP contribution in [0.25, 0.3) is 11.2 Å². The minimum atomic E-state index is -1.13. The van der Waals surface area contributed by atoms with Gasteiger partial charge in [-0.3, -0.25) is 4.57 Å². The summed E-state index contributed by atoms with van der Waals surface area (Å²) in [5.41, 5.74) is 5.02. The molecule has 168 valence electrons. The van der Waals surface area contributed by atoms with E-state index in [0.717, 1.165) is 0 Å². The van der Waals surface area contributed by atoms with Gasteiger partial charge in [0.05, 0.1) is 32.8 Å². The third kappa shape index (κ3) is 5.65. The van der Waals surface area contributed by atoms with Crippen molar-refractivity contribution in [2.75, 3.05) is 52.5 Å². The molecular formula is C19H24FN5O6. The summed E-state index contributed by atoms with van der Waals surface area (Å²) in [6.07, 6.45) is 6.44. The molecule has 1 aliphatic rings. The fourth-order valence-electron chi connectivity index (χ4n) is 3.06. The summed E-state index contributed by atoms with van der Waals surface area (Å²) in [5.74, 6) is 1.91. The molecule has 2 aromatic heterocycles. The molecule has 0 radical (unpaired) electrons. The molecule has 3 heterocycles. The van der Waals surface area contributed by atoms with Gasteiger partial charge in [0.2, 0.25) is 0 Å². The van der Waals surface area contributed by atoms with E-state index < -0.39 is 23.9 Å². The summed E-state index contributed by atoms with van der Waals surface area (Å²) < 4.78 is 41.6. The third-order valence-corrected chi connectivity index (χ3v) is 4.64. The van der Waals surface area contributed by atoms with Gasteiger partial charge >= 0.3 is 12.0 Å². The highest BCUT2D eigenvalue weighted by Crippen LogP contribution is 2.37. The van der Waals surface area contributed by atoms with Crippen LogP contribution in [0.1, 0.15) is 19.1 Å². The predicted octanol–water partition coefficient (Wildman–Crippen LogP) is 0.451. The molecule has 2 N–H and O–H groups in total. The molecule has 0 spiro atoms. The molecule has 2 aromatic rings. The van der Waals surface area contributed by atoms with Crippen LogP contribution in [0, 0.1) is 18.4 Å². The molecule has 2 atom stereocenters. The maximum Gasteiger partial charge on any atom is 0.332 e. The number of carbonyl (C=O) groups excluding carboxylic acids is 1.